The van der Waals surface area contributed by atoms with Crippen molar-refractivity contribution < 1.29 is 13.2 Å². The van der Waals surface area contributed by atoms with Gasteiger partial charge in [-0.15, -0.1) is 0 Å². The Balaban J connectivity index is 0.000000202. The predicted molar refractivity (Wildman–Crippen MR) is 58.2 cm³/mol. The second-order valence-electron chi connectivity index (χ2n) is 2.90. The lowest BCUT2D eigenvalue weighted by atomic mass is 10.3. The minimum atomic E-state index is -4.35. The molecule has 1 N–H and O–H groups in total. The van der Waals surface area contributed by atoms with Crippen LogP contribution >= 0.6 is 0 Å². The molecule has 0 saturated heterocycles. The van der Waals surface area contributed by atoms with E-state index in [1.165, 1.54) is 29.6 Å². The average molecular weight is 241 g/mol. The number of para-hydroxylation sites is 1. The maximum Gasteiger partial charge on any atom is 0.482 e. The van der Waals surface area contributed by atoms with Gasteiger partial charge in [-0.2, -0.15) is 23.4 Å². The van der Waals surface area contributed by atoms with Crippen LogP contribution in [-0.2, 0) is 0 Å². The molecule has 0 bridgehead atoms. The van der Waals surface area contributed by atoms with Crippen LogP contribution in [0.25, 0.3) is 0 Å². The molecule has 0 aliphatic heterocycles. The van der Waals surface area contributed by atoms with E-state index < -0.39 is 6.30 Å². The Morgan fingerprint density at radius 3 is 1.71 bits per heavy atom. The van der Waals surface area contributed by atoms with Crippen molar-refractivity contribution in [2.75, 3.05) is 5.32 Å². The minimum absolute atomic E-state index is 0.0556. The molecule has 0 aliphatic carbocycles. The summed E-state index contributed by atoms with van der Waals surface area (Å²) in [6, 6.07) is 11.1. The first-order chi connectivity index (χ1) is 8.08. The molecule has 0 spiro atoms. The lowest BCUT2D eigenvalue weighted by Crippen LogP contribution is -2.20. The third-order valence-electron chi connectivity index (χ3n) is 1.54. The largest absolute Gasteiger partial charge is 0.482 e. The van der Waals surface area contributed by atoms with Gasteiger partial charge in [-0.3, -0.25) is 5.32 Å². The van der Waals surface area contributed by atoms with E-state index in [0.717, 1.165) is 0 Å². The van der Waals surface area contributed by atoms with Crippen LogP contribution in [0.4, 0.5) is 18.9 Å². The fourth-order valence-corrected chi connectivity index (χ4v) is 0.938. The zero-order valence-electron chi connectivity index (χ0n) is 8.72. The standard InChI is InChI=1S/C7H6F3N.C4H4N2/c8-7(9,10)11-6-4-2-1-3-5-6;1-2-4-6-5-3-1/h1-5,11H;1-4H. The van der Waals surface area contributed by atoms with Crippen LogP contribution in [0.5, 0.6) is 0 Å². The van der Waals surface area contributed by atoms with Crippen molar-refractivity contribution in [1.82, 2.24) is 10.2 Å². The zero-order chi connectivity index (χ0) is 12.6. The van der Waals surface area contributed by atoms with E-state index in [9.17, 15) is 13.2 Å². The first kappa shape index (κ1) is 13.0. The number of rotatable bonds is 1. The summed E-state index contributed by atoms with van der Waals surface area (Å²) >= 11 is 0. The van der Waals surface area contributed by atoms with Crippen molar-refractivity contribution in [3.8, 4) is 0 Å². The van der Waals surface area contributed by atoms with Gasteiger partial charge in [-0.25, -0.2) is 0 Å². The van der Waals surface area contributed by atoms with Crippen LogP contribution in [0, 0.1) is 0 Å². The molecule has 0 amide bonds. The molecule has 0 radical (unpaired) electrons. The number of hydrogen-bond donors (Lipinski definition) is 1. The lowest BCUT2D eigenvalue weighted by Gasteiger charge is -2.08. The molecule has 3 nitrogen and oxygen atoms in total. The van der Waals surface area contributed by atoms with Crippen LogP contribution in [0.2, 0.25) is 0 Å². The quantitative estimate of drug-likeness (QED) is 0.779. The Bertz CT molecular complexity index is 377. The number of alkyl halides is 3. The molecular formula is C11H10F3N3. The Morgan fingerprint density at radius 2 is 1.35 bits per heavy atom. The smallest absolute Gasteiger partial charge is 0.298 e. The normalized spacial score (nSPS) is 10.1. The Morgan fingerprint density at radius 1 is 0.824 bits per heavy atom. The fraction of sp³-hybridized carbons (Fsp3) is 0.0909. The van der Waals surface area contributed by atoms with E-state index in [4.69, 9.17) is 0 Å². The van der Waals surface area contributed by atoms with Crippen molar-refractivity contribution in [2.24, 2.45) is 0 Å². The van der Waals surface area contributed by atoms with Crippen LogP contribution in [0.1, 0.15) is 0 Å². The number of nitrogens with one attached hydrogen (secondary N) is 1. The number of hydrogen-bond acceptors (Lipinski definition) is 3. The predicted octanol–water partition coefficient (Wildman–Crippen LogP) is 3.09. The van der Waals surface area contributed by atoms with E-state index in [0.29, 0.717) is 0 Å². The number of anilines is 1. The molecule has 1 aromatic heterocycles. The van der Waals surface area contributed by atoms with Crippen LogP contribution in [-0.4, -0.2) is 16.5 Å². The summed E-state index contributed by atoms with van der Waals surface area (Å²) in [6.07, 6.45) is -1.07. The van der Waals surface area contributed by atoms with Gasteiger partial charge in [0.05, 0.1) is 0 Å². The van der Waals surface area contributed by atoms with Gasteiger partial charge in [0.15, 0.2) is 0 Å². The summed E-state index contributed by atoms with van der Waals surface area (Å²) in [5.74, 6) is 0. The fourth-order valence-electron chi connectivity index (χ4n) is 0.938. The molecule has 0 unspecified atom stereocenters. The Hall–Kier alpha value is -2.11. The molecule has 0 saturated carbocycles. The number of nitrogens with zero attached hydrogens (tertiary/aromatic N) is 2. The molecule has 2 rings (SSSR count). The lowest BCUT2D eigenvalue weighted by molar-refractivity contribution is -0.0999. The average Bonchev–Trinajstić information content (AvgIpc) is 2.31. The highest BCUT2D eigenvalue weighted by molar-refractivity contribution is 5.42. The number of halogens is 3. The summed E-state index contributed by atoms with van der Waals surface area (Å²) in [4.78, 5) is 0. The van der Waals surface area contributed by atoms with Crippen LogP contribution in [0.15, 0.2) is 54.9 Å². The van der Waals surface area contributed by atoms with E-state index in [2.05, 4.69) is 10.2 Å². The van der Waals surface area contributed by atoms with Crippen LogP contribution in [0.3, 0.4) is 0 Å². The Kier molecular flexibility index (Phi) is 4.93. The van der Waals surface area contributed by atoms with Crippen molar-refractivity contribution in [3.63, 3.8) is 0 Å². The molecule has 0 atom stereocenters. The molecule has 0 fully saturated rings. The molecule has 17 heavy (non-hydrogen) atoms. The van der Waals surface area contributed by atoms with Gasteiger partial charge in [0.1, 0.15) is 0 Å². The summed E-state index contributed by atoms with van der Waals surface area (Å²) in [5, 5.41) is 8.45. The number of aromatic nitrogens is 2. The van der Waals surface area contributed by atoms with Gasteiger partial charge >= 0.3 is 6.30 Å². The van der Waals surface area contributed by atoms with Gasteiger partial charge in [0.25, 0.3) is 0 Å². The van der Waals surface area contributed by atoms with Crippen molar-refractivity contribution >= 4 is 5.69 Å². The molecule has 1 heterocycles. The highest BCUT2D eigenvalue weighted by Gasteiger charge is 2.26. The first-order valence-electron chi connectivity index (χ1n) is 4.69. The van der Waals surface area contributed by atoms with E-state index in [1.54, 1.807) is 18.5 Å². The summed E-state index contributed by atoms with van der Waals surface area (Å²) < 4.78 is 34.9. The highest BCUT2D eigenvalue weighted by atomic mass is 19.4. The van der Waals surface area contributed by atoms with Gasteiger partial charge in [0.2, 0.25) is 0 Å². The van der Waals surface area contributed by atoms with Crippen molar-refractivity contribution in [1.29, 1.82) is 0 Å². The SMILES string of the molecule is FC(F)(F)Nc1ccccc1.c1ccnnc1. The molecule has 6 heteroatoms. The minimum Gasteiger partial charge on any atom is -0.298 e. The Labute approximate surface area is 96.3 Å². The third kappa shape index (κ3) is 6.88. The maximum atomic E-state index is 11.6. The van der Waals surface area contributed by atoms with Crippen molar-refractivity contribution in [3.05, 3.63) is 54.9 Å². The van der Waals surface area contributed by atoms with E-state index in [-0.39, 0.29) is 5.69 Å². The number of benzene rings is 1. The van der Waals surface area contributed by atoms with Gasteiger partial charge in [-0.1, -0.05) is 18.2 Å². The first-order valence-corrected chi connectivity index (χ1v) is 4.69. The zero-order valence-corrected chi connectivity index (χ0v) is 8.72. The summed E-state index contributed by atoms with van der Waals surface area (Å²) in [5.41, 5.74) is 0.0556. The van der Waals surface area contributed by atoms with Crippen molar-refractivity contribution in [2.45, 2.75) is 6.30 Å². The summed E-state index contributed by atoms with van der Waals surface area (Å²) in [7, 11) is 0. The van der Waals surface area contributed by atoms with E-state index >= 15 is 0 Å². The van der Waals surface area contributed by atoms with Gasteiger partial charge < -0.3 is 0 Å². The van der Waals surface area contributed by atoms with Gasteiger partial charge in [-0.05, 0) is 24.3 Å². The second-order valence-corrected chi connectivity index (χ2v) is 2.90. The third-order valence-corrected chi connectivity index (χ3v) is 1.54. The topological polar surface area (TPSA) is 37.8 Å². The maximum absolute atomic E-state index is 11.6. The monoisotopic (exact) mass is 241 g/mol. The molecular weight excluding hydrogens is 231 g/mol. The summed E-state index contributed by atoms with van der Waals surface area (Å²) in [6.45, 7) is 0. The molecule has 0 aliphatic rings. The van der Waals surface area contributed by atoms with Crippen LogP contribution < -0.4 is 5.32 Å². The molecule has 2 aromatic rings. The highest BCUT2D eigenvalue weighted by Crippen LogP contribution is 2.18. The second kappa shape index (κ2) is 6.47. The molecule has 90 valence electrons. The van der Waals surface area contributed by atoms with E-state index in [1.807, 2.05) is 12.1 Å². The molecule has 1 aromatic carbocycles. The van der Waals surface area contributed by atoms with Gasteiger partial charge in [0, 0.05) is 18.1 Å².